The number of ether oxygens (including phenoxy) is 1. The average molecular weight is 283 g/mol. The summed E-state index contributed by atoms with van der Waals surface area (Å²) in [6.07, 6.45) is 1.63. The first kappa shape index (κ1) is 14.9. The van der Waals surface area contributed by atoms with Crippen LogP contribution >= 0.6 is 12.2 Å². The Balaban J connectivity index is 2.22. The molecule has 0 saturated carbocycles. The predicted octanol–water partition coefficient (Wildman–Crippen LogP) is 0.886. The van der Waals surface area contributed by atoms with Crippen LogP contribution in [0.5, 0.6) is 5.75 Å². The highest BCUT2D eigenvalue weighted by atomic mass is 32.1. The van der Waals surface area contributed by atoms with E-state index in [4.69, 9.17) is 17.0 Å². The van der Waals surface area contributed by atoms with Gasteiger partial charge in [0.1, 0.15) is 11.6 Å². The van der Waals surface area contributed by atoms with Crippen LogP contribution in [0.15, 0.2) is 36.9 Å². The van der Waals surface area contributed by atoms with Gasteiger partial charge < -0.3 is 10.1 Å². The van der Waals surface area contributed by atoms with E-state index in [0.717, 1.165) is 0 Å². The van der Waals surface area contributed by atoms with Crippen LogP contribution in [0.3, 0.4) is 0 Å². The fourth-order valence-corrected chi connectivity index (χ4v) is 1.19. The number of amides is 1. The molecule has 0 radical (unpaired) electrons. The van der Waals surface area contributed by atoms with Crippen LogP contribution in [0.2, 0.25) is 0 Å². The number of rotatable bonds is 5. The average Bonchev–Trinajstić information content (AvgIpc) is 2.42. The molecule has 0 aliphatic carbocycles. The first-order valence-corrected chi connectivity index (χ1v) is 5.84. The van der Waals surface area contributed by atoms with Gasteiger partial charge in [-0.25, -0.2) is 4.39 Å². The van der Waals surface area contributed by atoms with Crippen molar-refractivity contribution in [3.8, 4) is 5.75 Å². The van der Waals surface area contributed by atoms with Crippen LogP contribution in [0.25, 0.3) is 0 Å². The molecular formula is C12H14FN3O2S. The molecule has 0 aromatic heterocycles. The van der Waals surface area contributed by atoms with Gasteiger partial charge in [0.2, 0.25) is 0 Å². The van der Waals surface area contributed by atoms with E-state index in [9.17, 15) is 9.18 Å². The second-order valence-electron chi connectivity index (χ2n) is 3.41. The van der Waals surface area contributed by atoms with Crippen molar-refractivity contribution in [2.24, 2.45) is 0 Å². The highest BCUT2D eigenvalue weighted by Crippen LogP contribution is 2.10. The topological polar surface area (TPSA) is 62.4 Å². The summed E-state index contributed by atoms with van der Waals surface area (Å²) < 4.78 is 17.8. The lowest BCUT2D eigenvalue weighted by Gasteiger charge is -2.10. The maximum absolute atomic E-state index is 12.6. The van der Waals surface area contributed by atoms with Crippen LogP contribution < -0.4 is 20.9 Å². The van der Waals surface area contributed by atoms with Crippen molar-refractivity contribution in [2.75, 3.05) is 13.2 Å². The van der Waals surface area contributed by atoms with E-state index >= 15 is 0 Å². The zero-order chi connectivity index (χ0) is 14.1. The third-order valence-corrected chi connectivity index (χ3v) is 2.15. The Morgan fingerprint density at radius 3 is 2.68 bits per heavy atom. The first-order valence-electron chi connectivity index (χ1n) is 5.44. The number of halogens is 1. The molecule has 3 N–H and O–H groups in total. The van der Waals surface area contributed by atoms with Crippen LogP contribution in [0, 0.1) is 5.82 Å². The summed E-state index contributed by atoms with van der Waals surface area (Å²) in [6, 6.07) is 5.37. The van der Waals surface area contributed by atoms with Crippen LogP contribution in [0.1, 0.15) is 0 Å². The van der Waals surface area contributed by atoms with E-state index in [0.29, 0.717) is 12.3 Å². The van der Waals surface area contributed by atoms with Gasteiger partial charge in [-0.1, -0.05) is 6.08 Å². The second kappa shape index (κ2) is 8.04. The van der Waals surface area contributed by atoms with Gasteiger partial charge in [-0.15, -0.1) is 6.58 Å². The standard InChI is InChI=1S/C12H14FN3O2S/c1-2-7-14-12(19)16-15-11(17)8-18-10-5-3-9(13)4-6-10/h2-6H,1,7-8H2,(H,15,17)(H2,14,16,19). The largest absolute Gasteiger partial charge is 0.484 e. The van der Waals surface area contributed by atoms with E-state index in [1.165, 1.54) is 24.3 Å². The van der Waals surface area contributed by atoms with Crippen LogP contribution in [0.4, 0.5) is 4.39 Å². The van der Waals surface area contributed by atoms with Crippen LogP contribution in [-0.4, -0.2) is 24.2 Å². The Kier molecular flexibility index (Phi) is 6.31. The minimum Gasteiger partial charge on any atom is -0.484 e. The van der Waals surface area contributed by atoms with Crippen molar-refractivity contribution in [1.82, 2.24) is 16.2 Å². The number of nitrogens with one attached hydrogen (secondary N) is 3. The molecule has 0 heterocycles. The lowest BCUT2D eigenvalue weighted by atomic mass is 10.3. The van der Waals surface area contributed by atoms with Crippen molar-refractivity contribution < 1.29 is 13.9 Å². The molecule has 5 nitrogen and oxygen atoms in total. The number of hydrogen-bond donors (Lipinski definition) is 3. The van der Waals surface area contributed by atoms with Gasteiger partial charge in [0.05, 0.1) is 0 Å². The quantitative estimate of drug-likeness (QED) is 0.425. The zero-order valence-electron chi connectivity index (χ0n) is 10.1. The van der Waals surface area contributed by atoms with Crippen molar-refractivity contribution in [2.45, 2.75) is 0 Å². The predicted molar refractivity (Wildman–Crippen MR) is 74.0 cm³/mol. The molecule has 0 unspecified atom stereocenters. The lowest BCUT2D eigenvalue weighted by molar-refractivity contribution is -0.123. The first-order chi connectivity index (χ1) is 9.11. The minimum atomic E-state index is -0.410. The van der Waals surface area contributed by atoms with E-state index in [2.05, 4.69) is 22.7 Å². The third-order valence-electron chi connectivity index (χ3n) is 1.91. The molecule has 0 fully saturated rings. The number of hydrazine groups is 1. The molecular weight excluding hydrogens is 269 g/mol. The summed E-state index contributed by atoms with van der Waals surface area (Å²) in [5.74, 6) is -0.368. The SMILES string of the molecule is C=CCNC(=S)NNC(=O)COc1ccc(F)cc1. The molecule has 0 bridgehead atoms. The van der Waals surface area contributed by atoms with Gasteiger partial charge in [0, 0.05) is 6.54 Å². The number of carbonyl (C=O) groups excluding carboxylic acids is 1. The number of hydrogen-bond acceptors (Lipinski definition) is 3. The molecule has 0 spiro atoms. The maximum Gasteiger partial charge on any atom is 0.276 e. The summed E-state index contributed by atoms with van der Waals surface area (Å²) >= 11 is 4.86. The Bertz CT molecular complexity index is 451. The smallest absolute Gasteiger partial charge is 0.276 e. The highest BCUT2D eigenvalue weighted by molar-refractivity contribution is 7.80. The summed E-state index contributed by atoms with van der Waals surface area (Å²) in [6.45, 7) is 3.80. The third kappa shape index (κ3) is 6.37. The normalized spacial score (nSPS) is 9.32. The van der Waals surface area contributed by atoms with Gasteiger partial charge >= 0.3 is 0 Å². The van der Waals surface area contributed by atoms with E-state index in [1.807, 2.05) is 0 Å². The Morgan fingerprint density at radius 2 is 2.05 bits per heavy atom. The molecule has 1 aromatic rings. The summed E-state index contributed by atoms with van der Waals surface area (Å²) in [7, 11) is 0. The molecule has 1 amide bonds. The second-order valence-corrected chi connectivity index (χ2v) is 3.82. The molecule has 0 aliphatic heterocycles. The zero-order valence-corrected chi connectivity index (χ0v) is 10.9. The maximum atomic E-state index is 12.6. The molecule has 1 rings (SSSR count). The van der Waals surface area contributed by atoms with Gasteiger partial charge in [0.25, 0.3) is 5.91 Å². The Hall–Kier alpha value is -2.15. The highest BCUT2D eigenvalue weighted by Gasteiger charge is 2.03. The molecule has 7 heteroatoms. The molecule has 102 valence electrons. The summed E-state index contributed by atoms with van der Waals surface area (Å²) in [4.78, 5) is 11.4. The number of benzene rings is 1. The fraction of sp³-hybridized carbons (Fsp3) is 0.167. The molecule has 1 aromatic carbocycles. The summed E-state index contributed by atoms with van der Waals surface area (Å²) in [5.41, 5.74) is 4.84. The van der Waals surface area contributed by atoms with Crippen molar-refractivity contribution >= 4 is 23.2 Å². The molecule has 19 heavy (non-hydrogen) atoms. The van der Waals surface area contributed by atoms with Gasteiger partial charge in [-0.05, 0) is 36.5 Å². The fourth-order valence-electron chi connectivity index (χ4n) is 1.05. The molecule has 0 aliphatic rings. The molecule has 0 saturated heterocycles. The van der Waals surface area contributed by atoms with Gasteiger partial charge in [-0.2, -0.15) is 0 Å². The van der Waals surface area contributed by atoms with Crippen molar-refractivity contribution in [3.05, 3.63) is 42.7 Å². The minimum absolute atomic E-state index is 0.206. The lowest BCUT2D eigenvalue weighted by Crippen LogP contribution is -2.48. The van der Waals surface area contributed by atoms with Crippen molar-refractivity contribution in [1.29, 1.82) is 0 Å². The monoisotopic (exact) mass is 283 g/mol. The van der Waals surface area contributed by atoms with Crippen LogP contribution in [-0.2, 0) is 4.79 Å². The van der Waals surface area contributed by atoms with Gasteiger partial charge in [0.15, 0.2) is 11.7 Å². The number of carbonyl (C=O) groups is 1. The Labute approximate surface area is 115 Å². The van der Waals surface area contributed by atoms with E-state index in [-0.39, 0.29) is 17.5 Å². The molecule has 0 atom stereocenters. The number of thiocarbonyl (C=S) groups is 1. The van der Waals surface area contributed by atoms with Gasteiger partial charge in [-0.3, -0.25) is 15.6 Å². The van der Waals surface area contributed by atoms with Crippen molar-refractivity contribution in [3.63, 3.8) is 0 Å². The van der Waals surface area contributed by atoms with E-state index in [1.54, 1.807) is 6.08 Å². The summed E-state index contributed by atoms with van der Waals surface area (Å²) in [5, 5.41) is 3.05. The van der Waals surface area contributed by atoms with E-state index < -0.39 is 5.91 Å². The Morgan fingerprint density at radius 1 is 1.37 bits per heavy atom.